The first kappa shape index (κ1) is 14.7. The van der Waals surface area contributed by atoms with E-state index in [0.717, 1.165) is 17.1 Å². The van der Waals surface area contributed by atoms with Gasteiger partial charge in [0.25, 0.3) is 0 Å². The van der Waals surface area contributed by atoms with Crippen molar-refractivity contribution in [3.63, 3.8) is 0 Å². The van der Waals surface area contributed by atoms with Crippen LogP contribution in [0.4, 0.5) is 0 Å². The number of ketones is 1. The van der Waals surface area contributed by atoms with Gasteiger partial charge in [0.05, 0.1) is 7.11 Å². The average molecular weight is 286 g/mol. The molecular weight excluding hydrogens is 268 g/mol. The molecule has 0 saturated heterocycles. The Morgan fingerprint density at radius 2 is 1.70 bits per heavy atom. The van der Waals surface area contributed by atoms with Crippen molar-refractivity contribution in [2.45, 2.75) is 24.0 Å². The normalized spacial score (nSPS) is 10.3. The van der Waals surface area contributed by atoms with Crippen molar-refractivity contribution in [3.05, 3.63) is 59.7 Å². The summed E-state index contributed by atoms with van der Waals surface area (Å²) in [6, 6.07) is 15.9. The van der Waals surface area contributed by atoms with Crippen molar-refractivity contribution < 1.29 is 9.53 Å². The predicted octanol–water partition coefficient (Wildman–Crippen LogP) is 4.58. The van der Waals surface area contributed by atoms with E-state index < -0.39 is 0 Å². The molecule has 3 heteroatoms. The van der Waals surface area contributed by atoms with Crippen molar-refractivity contribution >= 4 is 17.5 Å². The van der Waals surface area contributed by atoms with Crippen LogP contribution in [-0.2, 0) is 5.75 Å². The molecule has 20 heavy (non-hydrogen) atoms. The van der Waals surface area contributed by atoms with Crippen LogP contribution in [0.5, 0.6) is 5.75 Å². The van der Waals surface area contributed by atoms with Gasteiger partial charge in [-0.05, 0) is 29.8 Å². The van der Waals surface area contributed by atoms with E-state index in [0.29, 0.717) is 6.42 Å². The van der Waals surface area contributed by atoms with Gasteiger partial charge in [0.1, 0.15) is 5.75 Å². The Balaban J connectivity index is 1.94. The molecular formula is C17H18O2S. The molecule has 0 atom stereocenters. The predicted molar refractivity (Wildman–Crippen MR) is 83.6 cm³/mol. The number of carbonyl (C=O) groups excluding carboxylic acids is 1. The van der Waals surface area contributed by atoms with Crippen LogP contribution in [0.1, 0.15) is 29.3 Å². The van der Waals surface area contributed by atoms with Crippen LogP contribution in [0.25, 0.3) is 0 Å². The maximum absolute atomic E-state index is 11.5. The summed E-state index contributed by atoms with van der Waals surface area (Å²) in [6.07, 6.45) is 0.554. The summed E-state index contributed by atoms with van der Waals surface area (Å²) in [5.41, 5.74) is 2.05. The molecule has 0 aliphatic carbocycles. The fourth-order valence-corrected chi connectivity index (χ4v) is 2.68. The molecule has 104 valence electrons. The van der Waals surface area contributed by atoms with Crippen molar-refractivity contribution in [1.29, 1.82) is 0 Å². The lowest BCUT2D eigenvalue weighted by Crippen LogP contribution is -1.95. The van der Waals surface area contributed by atoms with E-state index in [1.165, 1.54) is 10.5 Å². The van der Waals surface area contributed by atoms with Gasteiger partial charge in [0, 0.05) is 22.6 Å². The fourth-order valence-electron chi connectivity index (χ4n) is 1.83. The number of methoxy groups -OCH3 is 1. The third kappa shape index (κ3) is 3.87. The van der Waals surface area contributed by atoms with E-state index in [9.17, 15) is 4.79 Å². The number of hydrogen-bond acceptors (Lipinski definition) is 3. The Morgan fingerprint density at radius 3 is 2.25 bits per heavy atom. The van der Waals surface area contributed by atoms with Gasteiger partial charge in [0.2, 0.25) is 0 Å². The van der Waals surface area contributed by atoms with Crippen LogP contribution in [0.15, 0.2) is 53.4 Å². The van der Waals surface area contributed by atoms with Crippen molar-refractivity contribution in [3.8, 4) is 5.75 Å². The van der Waals surface area contributed by atoms with Gasteiger partial charge in [-0.3, -0.25) is 4.79 Å². The number of benzene rings is 2. The Labute approximate surface area is 124 Å². The minimum absolute atomic E-state index is 0.191. The maximum atomic E-state index is 11.5. The molecule has 0 fully saturated rings. The van der Waals surface area contributed by atoms with E-state index >= 15 is 0 Å². The zero-order chi connectivity index (χ0) is 14.4. The molecule has 0 N–H and O–H groups in total. The molecule has 0 amide bonds. The zero-order valence-electron chi connectivity index (χ0n) is 11.8. The van der Waals surface area contributed by atoms with Crippen molar-refractivity contribution in [2.24, 2.45) is 0 Å². The summed E-state index contributed by atoms with van der Waals surface area (Å²) < 4.78 is 5.14. The van der Waals surface area contributed by atoms with Crippen LogP contribution in [0.3, 0.4) is 0 Å². The van der Waals surface area contributed by atoms with Gasteiger partial charge in [-0.15, -0.1) is 11.8 Å². The Morgan fingerprint density at radius 1 is 1.05 bits per heavy atom. The lowest BCUT2D eigenvalue weighted by atomic mass is 10.1. The first-order valence-electron chi connectivity index (χ1n) is 6.62. The van der Waals surface area contributed by atoms with Crippen LogP contribution < -0.4 is 4.74 Å². The number of ether oxygens (including phenoxy) is 1. The number of rotatable bonds is 6. The van der Waals surface area contributed by atoms with Gasteiger partial charge >= 0.3 is 0 Å². The molecule has 0 aromatic heterocycles. The summed E-state index contributed by atoms with van der Waals surface area (Å²) >= 11 is 1.76. The molecule has 0 aliphatic heterocycles. The molecule has 0 radical (unpaired) electrons. The number of thioether (sulfide) groups is 1. The van der Waals surface area contributed by atoms with Gasteiger partial charge in [0.15, 0.2) is 5.78 Å². The Hall–Kier alpha value is -1.74. The second-order valence-electron chi connectivity index (χ2n) is 4.44. The van der Waals surface area contributed by atoms with Crippen LogP contribution >= 0.6 is 11.8 Å². The third-order valence-electron chi connectivity index (χ3n) is 3.06. The van der Waals surface area contributed by atoms with E-state index in [2.05, 4.69) is 12.1 Å². The highest BCUT2D eigenvalue weighted by atomic mass is 32.2. The number of Topliss-reactive ketones (excluding diaryl/α,β-unsaturated/α-hetero) is 1. The molecule has 0 unspecified atom stereocenters. The highest BCUT2D eigenvalue weighted by Crippen LogP contribution is 2.24. The smallest absolute Gasteiger partial charge is 0.162 e. The minimum Gasteiger partial charge on any atom is -0.497 e. The highest BCUT2D eigenvalue weighted by Gasteiger charge is 2.03. The fraction of sp³-hybridized carbons (Fsp3) is 0.235. The summed E-state index contributed by atoms with van der Waals surface area (Å²) in [5, 5.41) is 0. The van der Waals surface area contributed by atoms with E-state index in [4.69, 9.17) is 4.74 Å². The Bertz CT molecular complexity index is 559. The minimum atomic E-state index is 0.191. The van der Waals surface area contributed by atoms with Gasteiger partial charge in [-0.1, -0.05) is 31.2 Å². The number of carbonyl (C=O) groups is 1. The van der Waals surface area contributed by atoms with Crippen molar-refractivity contribution in [1.82, 2.24) is 0 Å². The van der Waals surface area contributed by atoms with E-state index in [1.54, 1.807) is 18.9 Å². The quantitative estimate of drug-likeness (QED) is 0.574. The Kier molecular flexibility index (Phi) is 5.24. The average Bonchev–Trinajstić information content (AvgIpc) is 2.53. The summed E-state index contributed by atoms with van der Waals surface area (Å²) in [6.45, 7) is 1.88. The summed E-state index contributed by atoms with van der Waals surface area (Å²) in [4.78, 5) is 12.7. The monoisotopic (exact) mass is 286 g/mol. The molecule has 2 nitrogen and oxygen atoms in total. The standard InChI is InChI=1S/C17H18O2S/c1-3-17(18)14-6-10-16(11-7-14)20-12-13-4-8-15(19-2)9-5-13/h4-11H,3,12H2,1-2H3. The van der Waals surface area contributed by atoms with Crippen LogP contribution in [0, 0.1) is 0 Å². The number of hydrogen-bond donors (Lipinski definition) is 0. The third-order valence-corrected chi connectivity index (χ3v) is 4.15. The van der Waals surface area contributed by atoms with Crippen molar-refractivity contribution in [2.75, 3.05) is 7.11 Å². The van der Waals surface area contributed by atoms with Crippen LogP contribution in [-0.4, -0.2) is 12.9 Å². The lowest BCUT2D eigenvalue weighted by molar-refractivity contribution is 0.0988. The van der Waals surface area contributed by atoms with Gasteiger partial charge < -0.3 is 4.74 Å². The first-order chi connectivity index (χ1) is 9.72. The molecule has 0 heterocycles. The zero-order valence-corrected chi connectivity index (χ0v) is 12.6. The maximum Gasteiger partial charge on any atom is 0.162 e. The highest BCUT2D eigenvalue weighted by molar-refractivity contribution is 7.98. The molecule has 2 aromatic rings. The second kappa shape index (κ2) is 7.15. The molecule has 0 spiro atoms. The molecule has 0 aliphatic rings. The summed E-state index contributed by atoms with van der Waals surface area (Å²) in [7, 11) is 1.67. The first-order valence-corrected chi connectivity index (χ1v) is 7.60. The van der Waals surface area contributed by atoms with E-state index in [-0.39, 0.29) is 5.78 Å². The summed E-state index contributed by atoms with van der Waals surface area (Å²) in [5.74, 6) is 1.98. The topological polar surface area (TPSA) is 26.3 Å². The molecule has 0 saturated carbocycles. The van der Waals surface area contributed by atoms with Crippen LogP contribution in [0.2, 0.25) is 0 Å². The largest absolute Gasteiger partial charge is 0.497 e. The lowest BCUT2D eigenvalue weighted by Gasteiger charge is -2.05. The molecule has 2 rings (SSSR count). The van der Waals surface area contributed by atoms with Gasteiger partial charge in [-0.2, -0.15) is 0 Å². The SMILES string of the molecule is CCC(=O)c1ccc(SCc2ccc(OC)cc2)cc1. The molecule has 0 bridgehead atoms. The van der Waals surface area contributed by atoms with E-state index in [1.807, 2.05) is 43.3 Å². The van der Waals surface area contributed by atoms with Gasteiger partial charge in [-0.25, -0.2) is 0 Å². The molecule has 2 aromatic carbocycles. The second-order valence-corrected chi connectivity index (χ2v) is 5.49.